The highest BCUT2D eigenvalue weighted by Gasteiger charge is 2.13. The van der Waals surface area contributed by atoms with Gasteiger partial charge in [0.2, 0.25) is 0 Å². The van der Waals surface area contributed by atoms with Gasteiger partial charge in [0.15, 0.2) is 0 Å². The molecule has 0 spiro atoms. The molecule has 20 heavy (non-hydrogen) atoms. The summed E-state index contributed by atoms with van der Waals surface area (Å²) in [4.78, 5) is 10.3. The molecule has 2 aromatic carbocycles. The molecule has 0 unspecified atom stereocenters. The van der Waals surface area contributed by atoms with Gasteiger partial charge in [0, 0.05) is 10.5 Å². The van der Waals surface area contributed by atoms with E-state index in [4.69, 9.17) is 10.00 Å². The van der Waals surface area contributed by atoms with Crippen LogP contribution in [0.1, 0.15) is 5.56 Å². The second kappa shape index (κ2) is 6.03. The molecule has 2 aromatic rings. The summed E-state index contributed by atoms with van der Waals surface area (Å²) in [7, 11) is 0. The zero-order valence-electron chi connectivity index (χ0n) is 9.84. The van der Waals surface area contributed by atoms with Gasteiger partial charge in [0.05, 0.1) is 21.0 Å². The number of hydrogen-bond acceptors (Lipinski definition) is 4. The maximum Gasteiger partial charge on any atom is 0.273 e. The molecule has 0 heterocycles. The number of rotatable bonds is 3. The second-order valence-electron chi connectivity index (χ2n) is 3.73. The van der Waals surface area contributed by atoms with Crippen molar-refractivity contribution >= 4 is 37.5 Å². The Morgan fingerprint density at radius 3 is 2.55 bits per heavy atom. The normalized spacial score (nSPS) is 9.85. The van der Waals surface area contributed by atoms with Crippen molar-refractivity contribution in [1.82, 2.24) is 0 Å². The zero-order chi connectivity index (χ0) is 14.7. The zero-order valence-corrected chi connectivity index (χ0v) is 13.0. The lowest BCUT2D eigenvalue weighted by molar-refractivity contribution is -0.384. The van der Waals surface area contributed by atoms with E-state index in [2.05, 4.69) is 31.9 Å². The third-order valence-electron chi connectivity index (χ3n) is 2.41. The number of non-ortho nitro benzene ring substituents is 1. The van der Waals surface area contributed by atoms with Crippen LogP contribution in [0.3, 0.4) is 0 Å². The number of benzene rings is 2. The number of nitrogens with zero attached hydrogens (tertiary/aromatic N) is 2. The van der Waals surface area contributed by atoms with Crippen molar-refractivity contribution < 1.29 is 9.66 Å². The quantitative estimate of drug-likeness (QED) is 0.551. The summed E-state index contributed by atoms with van der Waals surface area (Å²) >= 11 is 6.55. The fraction of sp³-hybridized carbons (Fsp3) is 0. The lowest BCUT2D eigenvalue weighted by Crippen LogP contribution is -1.92. The van der Waals surface area contributed by atoms with Gasteiger partial charge < -0.3 is 4.74 Å². The molecule has 0 radical (unpaired) electrons. The van der Waals surface area contributed by atoms with Gasteiger partial charge in [0.25, 0.3) is 5.69 Å². The first-order valence-electron chi connectivity index (χ1n) is 5.32. The van der Waals surface area contributed by atoms with Crippen LogP contribution >= 0.6 is 31.9 Å². The smallest absolute Gasteiger partial charge is 0.273 e. The SMILES string of the molecule is N#Cc1ccc(Br)cc1Oc1cc([N+](=O)[O-])ccc1Br. The molecule has 0 fully saturated rings. The molecule has 0 saturated carbocycles. The van der Waals surface area contributed by atoms with Crippen molar-refractivity contribution in [1.29, 1.82) is 5.26 Å². The lowest BCUT2D eigenvalue weighted by Gasteiger charge is -2.09. The highest BCUT2D eigenvalue weighted by Crippen LogP contribution is 2.35. The summed E-state index contributed by atoms with van der Waals surface area (Å²) in [6, 6.07) is 11.1. The van der Waals surface area contributed by atoms with Crippen LogP contribution in [0.15, 0.2) is 45.3 Å². The van der Waals surface area contributed by atoms with Crippen LogP contribution in [0.5, 0.6) is 11.5 Å². The van der Waals surface area contributed by atoms with Crippen LogP contribution in [0.4, 0.5) is 5.69 Å². The first-order valence-corrected chi connectivity index (χ1v) is 6.91. The first kappa shape index (κ1) is 14.5. The Balaban J connectivity index is 2.44. The van der Waals surface area contributed by atoms with Crippen molar-refractivity contribution in [2.75, 3.05) is 0 Å². The van der Waals surface area contributed by atoms with Gasteiger partial charge in [-0.05, 0) is 40.2 Å². The van der Waals surface area contributed by atoms with Gasteiger partial charge >= 0.3 is 0 Å². The maximum atomic E-state index is 10.8. The Morgan fingerprint density at radius 1 is 1.15 bits per heavy atom. The molecule has 100 valence electrons. The number of hydrogen-bond donors (Lipinski definition) is 0. The molecule has 0 atom stereocenters. The molecule has 0 aromatic heterocycles. The predicted octanol–water partition coefficient (Wildman–Crippen LogP) is 4.78. The van der Waals surface area contributed by atoms with Crippen LogP contribution < -0.4 is 4.74 Å². The van der Waals surface area contributed by atoms with Crippen molar-refractivity contribution in [2.24, 2.45) is 0 Å². The molecular formula is C13H6Br2N2O3. The summed E-state index contributed by atoms with van der Waals surface area (Å²) in [6.07, 6.45) is 0. The molecule has 5 nitrogen and oxygen atoms in total. The Labute approximate surface area is 131 Å². The third kappa shape index (κ3) is 3.15. The van der Waals surface area contributed by atoms with Crippen LogP contribution in [0.25, 0.3) is 0 Å². The monoisotopic (exact) mass is 396 g/mol. The predicted molar refractivity (Wildman–Crippen MR) is 79.7 cm³/mol. The van der Waals surface area contributed by atoms with E-state index in [0.717, 1.165) is 4.47 Å². The molecular weight excluding hydrogens is 392 g/mol. The average Bonchev–Trinajstić information content (AvgIpc) is 2.41. The third-order valence-corrected chi connectivity index (χ3v) is 3.56. The minimum absolute atomic E-state index is 0.0864. The van der Waals surface area contributed by atoms with Crippen LogP contribution in [0, 0.1) is 21.4 Å². The van der Waals surface area contributed by atoms with Crippen LogP contribution in [-0.4, -0.2) is 4.92 Å². The Morgan fingerprint density at radius 2 is 1.90 bits per heavy atom. The first-order chi connectivity index (χ1) is 9.51. The van der Waals surface area contributed by atoms with Crippen LogP contribution in [0.2, 0.25) is 0 Å². The molecule has 0 bridgehead atoms. The number of nitro groups is 1. The van der Waals surface area contributed by atoms with Gasteiger partial charge in [-0.15, -0.1) is 0 Å². The van der Waals surface area contributed by atoms with Gasteiger partial charge in [0.1, 0.15) is 17.6 Å². The molecule has 0 aliphatic rings. The van der Waals surface area contributed by atoms with Gasteiger partial charge in [-0.1, -0.05) is 15.9 Å². The van der Waals surface area contributed by atoms with E-state index in [1.165, 1.54) is 18.2 Å². The number of halogens is 2. The van der Waals surface area contributed by atoms with E-state index in [9.17, 15) is 10.1 Å². The minimum Gasteiger partial charge on any atom is -0.454 e. The molecule has 0 N–H and O–H groups in total. The van der Waals surface area contributed by atoms with Gasteiger partial charge in [-0.25, -0.2) is 0 Å². The highest BCUT2D eigenvalue weighted by molar-refractivity contribution is 9.10. The van der Waals surface area contributed by atoms with E-state index >= 15 is 0 Å². The Bertz CT molecular complexity index is 726. The summed E-state index contributed by atoms with van der Waals surface area (Å²) in [6.45, 7) is 0. The lowest BCUT2D eigenvalue weighted by atomic mass is 10.2. The largest absolute Gasteiger partial charge is 0.454 e. The van der Waals surface area contributed by atoms with Crippen molar-refractivity contribution in [3.8, 4) is 17.6 Å². The average molecular weight is 398 g/mol. The topological polar surface area (TPSA) is 76.2 Å². The fourth-order valence-corrected chi connectivity index (χ4v) is 2.14. The summed E-state index contributed by atoms with van der Waals surface area (Å²) < 4.78 is 6.90. The number of nitro benzene ring substituents is 1. The number of nitriles is 1. The molecule has 0 amide bonds. The molecule has 0 aliphatic carbocycles. The van der Waals surface area contributed by atoms with Crippen molar-refractivity contribution in [3.05, 3.63) is 61.0 Å². The second-order valence-corrected chi connectivity index (χ2v) is 5.50. The van der Waals surface area contributed by atoms with Gasteiger partial charge in [-0.2, -0.15) is 5.26 Å². The maximum absolute atomic E-state index is 10.8. The van der Waals surface area contributed by atoms with Crippen LogP contribution in [-0.2, 0) is 0 Å². The van der Waals surface area contributed by atoms with E-state index in [0.29, 0.717) is 15.8 Å². The minimum atomic E-state index is -0.509. The summed E-state index contributed by atoms with van der Waals surface area (Å²) in [5.74, 6) is 0.594. The standard InChI is InChI=1S/C13H6Br2N2O3/c14-9-2-1-8(7-16)12(5-9)20-13-6-10(17(18)19)3-4-11(13)15/h1-6H. The molecule has 0 aliphatic heterocycles. The highest BCUT2D eigenvalue weighted by atomic mass is 79.9. The Kier molecular flexibility index (Phi) is 4.37. The van der Waals surface area contributed by atoms with E-state index in [-0.39, 0.29) is 11.4 Å². The van der Waals surface area contributed by atoms with Gasteiger partial charge in [-0.3, -0.25) is 10.1 Å². The van der Waals surface area contributed by atoms with Crippen molar-refractivity contribution in [3.63, 3.8) is 0 Å². The van der Waals surface area contributed by atoms with E-state index in [1.807, 2.05) is 6.07 Å². The summed E-state index contributed by atoms with van der Waals surface area (Å²) in [5.41, 5.74) is 0.253. The fourth-order valence-electron chi connectivity index (χ4n) is 1.48. The molecule has 7 heteroatoms. The molecule has 2 rings (SSSR count). The molecule has 0 saturated heterocycles. The van der Waals surface area contributed by atoms with E-state index < -0.39 is 4.92 Å². The number of ether oxygens (including phenoxy) is 1. The Hall–Kier alpha value is -1.91. The van der Waals surface area contributed by atoms with E-state index in [1.54, 1.807) is 18.2 Å². The summed E-state index contributed by atoms with van der Waals surface area (Å²) in [5, 5.41) is 19.8. The van der Waals surface area contributed by atoms with Crippen molar-refractivity contribution in [2.45, 2.75) is 0 Å².